The first-order valence-corrected chi connectivity index (χ1v) is 16.8. The first-order valence-electron chi connectivity index (χ1n) is 16.8. The van der Waals surface area contributed by atoms with E-state index in [1.54, 1.807) is 0 Å². The number of fused-ring (bicyclic) bond motifs is 2. The van der Waals surface area contributed by atoms with Crippen LogP contribution in [0.2, 0.25) is 0 Å². The summed E-state index contributed by atoms with van der Waals surface area (Å²) in [5.41, 5.74) is 14.0. The number of aryl methyl sites for hydroxylation is 2. The van der Waals surface area contributed by atoms with Crippen molar-refractivity contribution in [2.45, 2.75) is 84.5 Å². The summed E-state index contributed by atoms with van der Waals surface area (Å²) >= 11 is 0. The van der Waals surface area contributed by atoms with Crippen LogP contribution in [0.25, 0.3) is 30.0 Å². The lowest BCUT2D eigenvalue weighted by atomic mass is 9.86. The van der Waals surface area contributed by atoms with E-state index < -0.39 is 0 Å². The lowest BCUT2D eigenvalue weighted by Gasteiger charge is -2.31. The predicted octanol–water partition coefficient (Wildman–Crippen LogP) is 9.74. The molecular formula is C42H45NO. The van der Waals surface area contributed by atoms with Gasteiger partial charge < -0.3 is 9.32 Å². The number of furan rings is 1. The van der Waals surface area contributed by atoms with Gasteiger partial charge in [-0.15, -0.1) is 0 Å². The molecule has 7 rings (SSSR count). The Morgan fingerprint density at radius 2 is 1.73 bits per heavy atom. The van der Waals surface area contributed by atoms with Gasteiger partial charge in [0.1, 0.15) is 5.76 Å². The summed E-state index contributed by atoms with van der Waals surface area (Å²) in [5, 5.41) is 1.25. The second-order valence-corrected chi connectivity index (χ2v) is 13.1. The summed E-state index contributed by atoms with van der Waals surface area (Å²) in [6, 6.07) is 13.6. The van der Waals surface area contributed by atoms with Gasteiger partial charge in [0.25, 0.3) is 0 Å². The molecular weight excluding hydrogens is 534 g/mol. The largest absolute Gasteiger partial charge is 0.459 e. The number of hydrogen-bond donors (Lipinski definition) is 0. The van der Waals surface area contributed by atoms with Gasteiger partial charge >= 0.3 is 0 Å². The van der Waals surface area contributed by atoms with Gasteiger partial charge in [-0.1, -0.05) is 105 Å². The summed E-state index contributed by atoms with van der Waals surface area (Å²) in [7, 11) is 0. The maximum Gasteiger partial charge on any atom is 0.154 e. The Labute approximate surface area is 263 Å². The maximum atomic E-state index is 7.05. The zero-order valence-corrected chi connectivity index (χ0v) is 26.5. The fourth-order valence-corrected chi connectivity index (χ4v) is 7.63. The zero-order chi connectivity index (χ0) is 30.0. The number of nitrogens with zero attached hydrogens (tertiary/aromatic N) is 1. The highest BCUT2D eigenvalue weighted by Gasteiger charge is 2.26. The summed E-state index contributed by atoms with van der Waals surface area (Å²) in [4.78, 5) is 2.54. The van der Waals surface area contributed by atoms with Crippen molar-refractivity contribution in [1.82, 2.24) is 0 Å². The second kappa shape index (κ2) is 12.5. The lowest BCUT2D eigenvalue weighted by Crippen LogP contribution is -2.33. The van der Waals surface area contributed by atoms with Crippen LogP contribution in [-0.2, 0) is 12.8 Å². The molecule has 4 aliphatic rings. The minimum Gasteiger partial charge on any atom is -0.459 e. The van der Waals surface area contributed by atoms with Crippen molar-refractivity contribution in [3.8, 4) is 0 Å². The van der Waals surface area contributed by atoms with E-state index in [-0.39, 0.29) is 0 Å². The topological polar surface area (TPSA) is 16.4 Å². The van der Waals surface area contributed by atoms with Crippen LogP contribution in [0, 0.1) is 19.8 Å². The molecule has 0 amide bonds. The molecule has 2 bridgehead atoms. The second-order valence-electron chi connectivity index (χ2n) is 13.1. The van der Waals surface area contributed by atoms with Gasteiger partial charge in [0.2, 0.25) is 0 Å². The lowest BCUT2D eigenvalue weighted by molar-refractivity contribution is 0.330. The molecule has 2 nitrogen and oxygen atoms in total. The molecule has 3 aromatic rings. The molecule has 0 saturated heterocycles. The van der Waals surface area contributed by atoms with Gasteiger partial charge in [0, 0.05) is 35.0 Å². The van der Waals surface area contributed by atoms with Crippen LogP contribution in [-0.4, -0.2) is 0 Å². The van der Waals surface area contributed by atoms with Crippen molar-refractivity contribution in [2.75, 3.05) is 4.90 Å². The average molecular weight is 580 g/mol. The van der Waals surface area contributed by atoms with E-state index in [0.717, 1.165) is 49.7 Å². The van der Waals surface area contributed by atoms with Gasteiger partial charge in [-0.05, 0) is 97.0 Å². The van der Waals surface area contributed by atoms with E-state index in [2.05, 4.69) is 110 Å². The SMILES string of the molecule is C=Cc1c(CC2CCCCC2)oc2c1=CCCCC=2N(C1=C2\C=Cc3cccc(c3C2)/C=C\C/C=C\1)c1ccc(C)c(C)c1. The predicted molar refractivity (Wildman–Crippen MR) is 187 cm³/mol. The molecule has 0 spiro atoms. The summed E-state index contributed by atoms with van der Waals surface area (Å²) in [5.74, 6) is 1.84. The summed E-state index contributed by atoms with van der Waals surface area (Å²) in [6.07, 6.45) is 31.0. The highest BCUT2D eigenvalue weighted by Crippen LogP contribution is 2.37. The molecule has 4 aliphatic carbocycles. The number of hydrogen-bond acceptors (Lipinski definition) is 2. The van der Waals surface area contributed by atoms with E-state index in [9.17, 15) is 0 Å². The Bertz CT molecular complexity index is 1830. The van der Waals surface area contributed by atoms with Gasteiger partial charge in [0.05, 0.1) is 5.70 Å². The minimum absolute atomic E-state index is 0.706. The van der Waals surface area contributed by atoms with Crippen LogP contribution in [0.3, 0.4) is 0 Å². The fourth-order valence-electron chi connectivity index (χ4n) is 7.63. The zero-order valence-electron chi connectivity index (χ0n) is 26.5. The van der Waals surface area contributed by atoms with Gasteiger partial charge in [-0.25, -0.2) is 0 Å². The Morgan fingerprint density at radius 3 is 2.55 bits per heavy atom. The molecule has 2 heteroatoms. The normalized spacial score (nSPS) is 21.2. The standard InChI is InChI=1S/C42H45NO/c1-4-36-37-19-11-12-21-40(42(37)44-41(36)27-31-14-7-5-8-15-31)43(35-25-22-29(2)30(3)26-35)39-20-10-6-9-16-32-17-13-18-33-23-24-34(39)28-38(32)33/h4,9-10,13,16-20,22-26,31H,1,5-8,11-12,14-15,21,27-28H2,2-3H3/b16-9-,20-10-,39-34+. The van der Waals surface area contributed by atoms with E-state index in [1.807, 2.05) is 0 Å². The number of benzene rings is 2. The van der Waals surface area contributed by atoms with Gasteiger partial charge in [-0.3, -0.25) is 0 Å². The van der Waals surface area contributed by atoms with Crippen LogP contribution in [0.4, 0.5) is 5.69 Å². The smallest absolute Gasteiger partial charge is 0.154 e. The van der Waals surface area contributed by atoms with E-state index in [0.29, 0.717) is 5.92 Å². The molecule has 1 saturated carbocycles. The quantitative estimate of drug-likeness (QED) is 0.289. The average Bonchev–Trinajstić information content (AvgIpc) is 3.26. The molecule has 0 N–H and O–H groups in total. The van der Waals surface area contributed by atoms with Crippen LogP contribution in [0.15, 0.2) is 83.0 Å². The molecule has 0 aliphatic heterocycles. The van der Waals surface area contributed by atoms with Crippen molar-refractivity contribution in [2.24, 2.45) is 5.92 Å². The highest BCUT2D eigenvalue weighted by molar-refractivity contribution is 5.79. The highest BCUT2D eigenvalue weighted by atomic mass is 16.3. The van der Waals surface area contributed by atoms with Crippen LogP contribution >= 0.6 is 0 Å². The van der Waals surface area contributed by atoms with Crippen molar-refractivity contribution < 1.29 is 4.42 Å². The number of allylic oxidation sites excluding steroid dienone is 5. The molecule has 2 aromatic carbocycles. The summed E-state index contributed by atoms with van der Waals surface area (Å²) < 4.78 is 7.05. The summed E-state index contributed by atoms with van der Waals surface area (Å²) in [6.45, 7) is 8.73. The Hall–Kier alpha value is -4.04. The Morgan fingerprint density at radius 1 is 0.909 bits per heavy atom. The monoisotopic (exact) mass is 579 g/mol. The minimum atomic E-state index is 0.706. The van der Waals surface area contributed by atoms with E-state index in [4.69, 9.17) is 4.42 Å². The fraction of sp³-hybridized carbons (Fsp3) is 0.333. The molecule has 44 heavy (non-hydrogen) atoms. The Kier molecular flexibility index (Phi) is 8.17. The van der Waals surface area contributed by atoms with Crippen LogP contribution in [0.1, 0.15) is 96.9 Å². The third-order valence-electron chi connectivity index (χ3n) is 10.2. The molecule has 0 radical (unpaired) electrons. The maximum absolute atomic E-state index is 7.05. The van der Waals surface area contributed by atoms with E-state index >= 15 is 0 Å². The number of rotatable bonds is 6. The third kappa shape index (κ3) is 5.52. The molecule has 1 fully saturated rings. The van der Waals surface area contributed by atoms with Crippen molar-refractivity contribution >= 4 is 35.7 Å². The van der Waals surface area contributed by atoms with Gasteiger partial charge in [0.15, 0.2) is 5.42 Å². The van der Waals surface area contributed by atoms with Gasteiger partial charge in [-0.2, -0.15) is 0 Å². The van der Waals surface area contributed by atoms with E-state index in [1.165, 1.54) is 93.4 Å². The first-order chi connectivity index (χ1) is 21.6. The Balaban J connectivity index is 1.47. The van der Waals surface area contributed by atoms with Crippen molar-refractivity contribution in [1.29, 1.82) is 0 Å². The third-order valence-corrected chi connectivity index (χ3v) is 10.2. The van der Waals surface area contributed by atoms with Crippen molar-refractivity contribution in [3.63, 3.8) is 0 Å². The number of anilines is 1. The van der Waals surface area contributed by atoms with Crippen LogP contribution in [0.5, 0.6) is 0 Å². The first kappa shape index (κ1) is 28.7. The molecule has 1 aromatic heterocycles. The molecule has 224 valence electrons. The molecule has 0 unspecified atom stereocenters. The van der Waals surface area contributed by atoms with Crippen LogP contribution < -0.4 is 15.5 Å². The molecule has 1 heterocycles. The molecule has 0 atom stereocenters. The van der Waals surface area contributed by atoms with Crippen molar-refractivity contribution in [3.05, 3.63) is 128 Å².